The monoisotopic (exact) mass is 306 g/mol. The molecule has 0 aromatic rings. The van der Waals surface area contributed by atoms with Crippen molar-refractivity contribution in [1.82, 2.24) is 5.32 Å². The molecule has 5 nitrogen and oxygen atoms in total. The maximum Gasteiger partial charge on any atom is 0.240 e. The zero-order valence-corrected chi connectivity index (χ0v) is 13.3. The Labute approximate surface area is 127 Å². The van der Waals surface area contributed by atoms with Crippen molar-refractivity contribution < 1.29 is 14.3 Å². The molecule has 3 N–H and O–H groups in total. The van der Waals surface area contributed by atoms with Crippen LogP contribution in [-0.4, -0.2) is 36.5 Å². The second kappa shape index (κ2) is 7.07. The Balaban J connectivity index is 0.00000200. The van der Waals surface area contributed by atoms with Gasteiger partial charge in [-0.1, -0.05) is 13.3 Å². The number of nitrogens with two attached hydrogens (primary N) is 1. The number of hydrogen-bond acceptors (Lipinski definition) is 4. The number of hydrogen-bond donors (Lipinski definition) is 2. The predicted octanol–water partition coefficient (Wildman–Crippen LogP) is 1.73. The van der Waals surface area contributed by atoms with Gasteiger partial charge in [-0.25, -0.2) is 0 Å². The van der Waals surface area contributed by atoms with Crippen molar-refractivity contribution in [1.29, 1.82) is 0 Å². The van der Waals surface area contributed by atoms with Gasteiger partial charge in [0.1, 0.15) is 0 Å². The van der Waals surface area contributed by atoms with Crippen LogP contribution in [0.5, 0.6) is 0 Å². The first-order chi connectivity index (χ1) is 8.97. The van der Waals surface area contributed by atoms with Crippen molar-refractivity contribution in [2.75, 3.05) is 13.2 Å². The van der Waals surface area contributed by atoms with E-state index in [-0.39, 0.29) is 30.1 Å². The standard InChI is InChI=1S/C14H26N2O3.ClH/c1-3-6-13(2,15)12(17)16-11-4-7-14(8-5-11)18-9-10-19-14;/h11H,3-10,15H2,1-2H3,(H,16,17);1H. The highest BCUT2D eigenvalue weighted by Crippen LogP contribution is 2.35. The predicted molar refractivity (Wildman–Crippen MR) is 79.8 cm³/mol. The summed E-state index contributed by atoms with van der Waals surface area (Å²) in [4.78, 5) is 12.1. The number of carbonyl (C=O) groups excluding carboxylic acids is 1. The molecule has 2 aliphatic rings. The summed E-state index contributed by atoms with van der Waals surface area (Å²) < 4.78 is 11.4. The first-order valence-corrected chi connectivity index (χ1v) is 7.35. The Morgan fingerprint density at radius 1 is 1.35 bits per heavy atom. The minimum Gasteiger partial charge on any atom is -0.352 e. The third kappa shape index (κ3) is 4.07. The summed E-state index contributed by atoms with van der Waals surface area (Å²) in [7, 11) is 0. The lowest BCUT2D eigenvalue weighted by Crippen LogP contribution is -2.55. The van der Waals surface area contributed by atoms with E-state index in [1.54, 1.807) is 6.92 Å². The molecule has 1 spiro atoms. The molecule has 1 aliphatic carbocycles. The Morgan fingerprint density at radius 3 is 2.40 bits per heavy atom. The minimum atomic E-state index is -0.760. The van der Waals surface area contributed by atoms with Gasteiger partial charge in [-0.2, -0.15) is 0 Å². The van der Waals surface area contributed by atoms with E-state index < -0.39 is 5.54 Å². The molecule has 1 aliphatic heterocycles. The fraction of sp³-hybridized carbons (Fsp3) is 0.929. The summed E-state index contributed by atoms with van der Waals surface area (Å²) in [6, 6.07) is 0.200. The summed E-state index contributed by atoms with van der Waals surface area (Å²) in [5.74, 6) is -0.403. The van der Waals surface area contributed by atoms with Gasteiger partial charge in [-0.3, -0.25) is 4.79 Å². The van der Waals surface area contributed by atoms with E-state index >= 15 is 0 Å². The van der Waals surface area contributed by atoms with Gasteiger partial charge < -0.3 is 20.5 Å². The van der Waals surface area contributed by atoms with E-state index in [4.69, 9.17) is 15.2 Å². The molecular weight excluding hydrogens is 280 g/mol. The van der Waals surface area contributed by atoms with Crippen LogP contribution in [0.15, 0.2) is 0 Å². The van der Waals surface area contributed by atoms with E-state index in [0.29, 0.717) is 19.6 Å². The Bertz CT molecular complexity index is 320. The molecule has 0 bridgehead atoms. The zero-order valence-electron chi connectivity index (χ0n) is 12.4. The number of carbonyl (C=O) groups is 1. The summed E-state index contributed by atoms with van der Waals surface area (Å²) >= 11 is 0. The van der Waals surface area contributed by atoms with Crippen LogP contribution in [0, 0.1) is 0 Å². The molecule has 1 saturated carbocycles. The molecule has 1 heterocycles. The van der Waals surface area contributed by atoms with E-state index in [0.717, 1.165) is 32.1 Å². The molecule has 0 aromatic heterocycles. The van der Waals surface area contributed by atoms with Crippen LogP contribution in [0.25, 0.3) is 0 Å². The third-order valence-corrected chi connectivity index (χ3v) is 4.18. The minimum absolute atomic E-state index is 0. The van der Waals surface area contributed by atoms with E-state index in [2.05, 4.69) is 5.32 Å². The van der Waals surface area contributed by atoms with Gasteiger partial charge >= 0.3 is 0 Å². The summed E-state index contributed by atoms with van der Waals surface area (Å²) in [5.41, 5.74) is 5.28. The average Bonchev–Trinajstić information content (AvgIpc) is 2.81. The van der Waals surface area contributed by atoms with Gasteiger partial charge in [0.15, 0.2) is 5.79 Å². The second-order valence-electron chi connectivity index (χ2n) is 6.02. The number of halogens is 1. The topological polar surface area (TPSA) is 73.6 Å². The van der Waals surface area contributed by atoms with Crippen LogP contribution in [0.1, 0.15) is 52.4 Å². The van der Waals surface area contributed by atoms with Gasteiger partial charge in [0.2, 0.25) is 5.91 Å². The van der Waals surface area contributed by atoms with Crippen molar-refractivity contribution in [2.45, 2.75) is 69.7 Å². The summed E-state index contributed by atoms with van der Waals surface area (Å²) in [6.07, 6.45) is 5.12. The Morgan fingerprint density at radius 2 is 1.90 bits per heavy atom. The molecule has 1 amide bonds. The third-order valence-electron chi connectivity index (χ3n) is 4.18. The highest BCUT2D eigenvalue weighted by atomic mass is 35.5. The van der Waals surface area contributed by atoms with Crippen LogP contribution < -0.4 is 11.1 Å². The quantitative estimate of drug-likeness (QED) is 0.829. The summed E-state index contributed by atoms with van der Waals surface area (Å²) in [5, 5.41) is 3.08. The van der Waals surface area contributed by atoms with Crippen LogP contribution >= 0.6 is 12.4 Å². The molecule has 20 heavy (non-hydrogen) atoms. The smallest absolute Gasteiger partial charge is 0.240 e. The number of amides is 1. The molecule has 2 fully saturated rings. The highest BCUT2D eigenvalue weighted by Gasteiger charge is 2.41. The van der Waals surface area contributed by atoms with Gasteiger partial charge in [-0.05, 0) is 26.2 Å². The molecule has 1 saturated heterocycles. The van der Waals surface area contributed by atoms with Crippen molar-refractivity contribution in [3.63, 3.8) is 0 Å². The van der Waals surface area contributed by atoms with Crippen LogP contribution in [-0.2, 0) is 14.3 Å². The van der Waals surface area contributed by atoms with Gasteiger partial charge in [-0.15, -0.1) is 12.4 Å². The first kappa shape index (κ1) is 17.7. The van der Waals surface area contributed by atoms with Crippen molar-refractivity contribution in [3.05, 3.63) is 0 Å². The number of rotatable bonds is 4. The maximum atomic E-state index is 12.1. The van der Waals surface area contributed by atoms with E-state index in [1.165, 1.54) is 0 Å². The lowest BCUT2D eigenvalue weighted by molar-refractivity contribution is -0.180. The fourth-order valence-corrected chi connectivity index (χ4v) is 2.97. The van der Waals surface area contributed by atoms with E-state index in [9.17, 15) is 4.79 Å². The number of ether oxygens (including phenoxy) is 2. The van der Waals surface area contributed by atoms with Gasteiger partial charge in [0, 0.05) is 18.9 Å². The molecule has 6 heteroatoms. The maximum absolute atomic E-state index is 12.1. The Kier molecular flexibility index (Phi) is 6.25. The normalized spacial score (nSPS) is 24.9. The number of nitrogens with one attached hydrogen (secondary N) is 1. The second-order valence-corrected chi connectivity index (χ2v) is 6.02. The van der Waals surface area contributed by atoms with Crippen molar-refractivity contribution in [2.24, 2.45) is 5.73 Å². The first-order valence-electron chi connectivity index (χ1n) is 7.35. The molecule has 1 atom stereocenters. The molecular formula is C14H27ClN2O3. The van der Waals surface area contributed by atoms with Crippen LogP contribution in [0.2, 0.25) is 0 Å². The SMILES string of the molecule is CCCC(C)(N)C(=O)NC1CCC2(CC1)OCCO2.Cl. The summed E-state index contributed by atoms with van der Waals surface area (Å²) in [6.45, 7) is 5.22. The van der Waals surface area contributed by atoms with Crippen molar-refractivity contribution >= 4 is 18.3 Å². The highest BCUT2D eigenvalue weighted by molar-refractivity contribution is 5.86. The Hall–Kier alpha value is -0.360. The van der Waals surface area contributed by atoms with Gasteiger partial charge in [0.25, 0.3) is 0 Å². The molecule has 0 radical (unpaired) electrons. The molecule has 1 unspecified atom stereocenters. The van der Waals surface area contributed by atoms with Crippen molar-refractivity contribution in [3.8, 4) is 0 Å². The average molecular weight is 307 g/mol. The van der Waals surface area contributed by atoms with Gasteiger partial charge in [0.05, 0.1) is 18.8 Å². The van der Waals surface area contributed by atoms with Crippen LogP contribution in [0.3, 0.4) is 0 Å². The molecule has 118 valence electrons. The zero-order chi connectivity index (χ0) is 13.9. The molecule has 2 rings (SSSR count). The largest absolute Gasteiger partial charge is 0.352 e. The van der Waals surface area contributed by atoms with E-state index in [1.807, 2.05) is 6.92 Å². The lowest BCUT2D eigenvalue weighted by Gasteiger charge is -2.36. The lowest BCUT2D eigenvalue weighted by atomic mass is 9.88. The molecule has 0 aromatic carbocycles. The fourth-order valence-electron chi connectivity index (χ4n) is 2.97. The van der Waals surface area contributed by atoms with Crippen LogP contribution in [0.4, 0.5) is 0 Å².